The van der Waals surface area contributed by atoms with Crippen molar-refractivity contribution >= 4 is 46.8 Å². The van der Waals surface area contributed by atoms with Crippen LogP contribution in [-0.2, 0) is 11.2 Å². The second kappa shape index (κ2) is 13.8. The number of nitrogens with zero attached hydrogens (tertiary/aromatic N) is 2. The molecule has 1 heterocycles. The van der Waals surface area contributed by atoms with E-state index in [0.717, 1.165) is 27.6 Å². The van der Waals surface area contributed by atoms with Gasteiger partial charge in [-0.05, 0) is 48.4 Å². The predicted molar refractivity (Wildman–Crippen MR) is 152 cm³/mol. The molecule has 4 aromatic rings. The summed E-state index contributed by atoms with van der Waals surface area (Å²) in [6.45, 7) is 2.99. The van der Waals surface area contributed by atoms with Gasteiger partial charge in [-0.2, -0.15) is 5.10 Å². The van der Waals surface area contributed by atoms with Gasteiger partial charge in [0.25, 0.3) is 5.91 Å². The summed E-state index contributed by atoms with van der Waals surface area (Å²) in [5.74, 6) is 1.32. The first-order valence-corrected chi connectivity index (χ1v) is 13.9. The molecule has 9 heteroatoms. The number of halogens is 1. The monoisotopic (exact) mass is 551 g/mol. The largest absolute Gasteiger partial charge is 0.490 e. The third-order valence-electron chi connectivity index (χ3n) is 5.11. The van der Waals surface area contributed by atoms with E-state index in [9.17, 15) is 4.79 Å². The first-order chi connectivity index (χ1) is 18.1. The van der Waals surface area contributed by atoms with Gasteiger partial charge in [-0.25, -0.2) is 10.4 Å². The van der Waals surface area contributed by atoms with Crippen LogP contribution in [0.2, 0.25) is 5.02 Å². The topological polar surface area (TPSA) is 72.8 Å². The van der Waals surface area contributed by atoms with Crippen LogP contribution in [0.3, 0.4) is 0 Å². The number of amides is 1. The van der Waals surface area contributed by atoms with Crippen molar-refractivity contribution < 1.29 is 14.3 Å². The number of hydrogen-bond acceptors (Lipinski definition) is 7. The quantitative estimate of drug-likeness (QED) is 0.120. The summed E-state index contributed by atoms with van der Waals surface area (Å²) in [5.41, 5.74) is 6.42. The van der Waals surface area contributed by atoms with Crippen molar-refractivity contribution in [2.75, 3.05) is 19.0 Å². The zero-order valence-electron chi connectivity index (χ0n) is 20.2. The molecule has 0 radical (unpaired) electrons. The number of aromatic nitrogens is 1. The van der Waals surface area contributed by atoms with Crippen molar-refractivity contribution in [3.63, 3.8) is 0 Å². The highest BCUT2D eigenvalue weighted by Crippen LogP contribution is 2.29. The molecule has 0 aliphatic rings. The van der Waals surface area contributed by atoms with E-state index in [4.69, 9.17) is 21.1 Å². The SMILES string of the molecule is CCOc1cc(/C=N/NC(=O)CSc2nc(-c3ccc(Cl)cc3)cs2)ccc1OCCc1ccccc1. The lowest BCUT2D eigenvalue weighted by atomic mass is 10.2. The Balaban J connectivity index is 1.26. The fourth-order valence-electron chi connectivity index (χ4n) is 3.33. The number of benzene rings is 3. The molecule has 0 spiro atoms. The van der Waals surface area contributed by atoms with E-state index in [1.807, 2.05) is 73.0 Å². The van der Waals surface area contributed by atoms with Gasteiger partial charge in [-0.15, -0.1) is 11.3 Å². The lowest BCUT2D eigenvalue weighted by Gasteiger charge is -2.12. The zero-order chi connectivity index (χ0) is 25.9. The van der Waals surface area contributed by atoms with Crippen molar-refractivity contribution in [1.82, 2.24) is 10.4 Å². The van der Waals surface area contributed by atoms with Gasteiger partial charge in [0.15, 0.2) is 15.8 Å². The molecule has 0 fully saturated rings. The number of carbonyl (C=O) groups excluding carboxylic acids is 1. The van der Waals surface area contributed by atoms with Crippen LogP contribution in [0.5, 0.6) is 11.5 Å². The number of hydrogen-bond donors (Lipinski definition) is 1. The average Bonchev–Trinajstić information content (AvgIpc) is 3.39. The van der Waals surface area contributed by atoms with Gasteiger partial charge in [-0.1, -0.05) is 65.8 Å². The van der Waals surface area contributed by atoms with Gasteiger partial charge in [0.05, 0.1) is 30.9 Å². The molecule has 0 unspecified atom stereocenters. The highest BCUT2D eigenvalue weighted by molar-refractivity contribution is 8.01. The molecule has 0 bridgehead atoms. The molecule has 1 aromatic heterocycles. The van der Waals surface area contributed by atoms with Crippen LogP contribution >= 0.6 is 34.7 Å². The maximum absolute atomic E-state index is 12.3. The number of ether oxygens (including phenoxy) is 2. The summed E-state index contributed by atoms with van der Waals surface area (Å²) in [7, 11) is 0. The van der Waals surface area contributed by atoms with Crippen molar-refractivity contribution in [3.8, 4) is 22.8 Å². The fraction of sp³-hybridized carbons (Fsp3) is 0.179. The Kier molecular flexibility index (Phi) is 9.99. The van der Waals surface area contributed by atoms with E-state index in [1.165, 1.54) is 28.7 Å². The number of rotatable bonds is 12. The highest BCUT2D eigenvalue weighted by atomic mass is 35.5. The van der Waals surface area contributed by atoms with Crippen molar-refractivity contribution in [1.29, 1.82) is 0 Å². The molecule has 0 aliphatic carbocycles. The Labute approximate surface area is 229 Å². The molecule has 3 aromatic carbocycles. The van der Waals surface area contributed by atoms with E-state index in [2.05, 4.69) is 27.6 Å². The lowest BCUT2D eigenvalue weighted by molar-refractivity contribution is -0.118. The molecule has 1 N–H and O–H groups in total. The van der Waals surface area contributed by atoms with Gasteiger partial charge < -0.3 is 9.47 Å². The van der Waals surface area contributed by atoms with E-state index < -0.39 is 0 Å². The van der Waals surface area contributed by atoms with Crippen molar-refractivity contribution in [3.05, 3.63) is 94.3 Å². The fourth-order valence-corrected chi connectivity index (χ4v) is 5.08. The van der Waals surface area contributed by atoms with Crippen molar-refractivity contribution in [2.24, 2.45) is 5.10 Å². The van der Waals surface area contributed by atoms with Crippen LogP contribution in [0.15, 0.2) is 87.6 Å². The summed E-state index contributed by atoms with van der Waals surface area (Å²) in [6, 6.07) is 23.3. The number of carbonyl (C=O) groups is 1. The molecule has 0 saturated heterocycles. The Hall–Kier alpha value is -3.33. The molecule has 0 saturated carbocycles. The molecular weight excluding hydrogens is 526 g/mol. The number of hydrazone groups is 1. The third kappa shape index (κ3) is 8.35. The summed E-state index contributed by atoms with van der Waals surface area (Å²) in [6.07, 6.45) is 2.39. The van der Waals surface area contributed by atoms with Gasteiger partial charge in [0, 0.05) is 22.4 Å². The van der Waals surface area contributed by atoms with Gasteiger partial charge in [-0.3, -0.25) is 4.79 Å². The summed E-state index contributed by atoms with van der Waals surface area (Å²) in [5, 5.41) is 6.73. The molecular formula is C28H26ClN3O3S2. The highest BCUT2D eigenvalue weighted by Gasteiger charge is 2.09. The van der Waals surface area contributed by atoms with Crippen LogP contribution in [0.1, 0.15) is 18.1 Å². The van der Waals surface area contributed by atoms with Gasteiger partial charge >= 0.3 is 0 Å². The van der Waals surface area contributed by atoms with E-state index in [0.29, 0.717) is 29.7 Å². The lowest BCUT2D eigenvalue weighted by Crippen LogP contribution is -2.19. The first-order valence-electron chi connectivity index (χ1n) is 11.7. The van der Waals surface area contributed by atoms with Crippen LogP contribution in [0.25, 0.3) is 11.3 Å². The Morgan fingerprint density at radius 2 is 1.89 bits per heavy atom. The predicted octanol–water partition coefficient (Wildman–Crippen LogP) is 6.73. The normalized spacial score (nSPS) is 11.0. The molecule has 1 amide bonds. The van der Waals surface area contributed by atoms with Gasteiger partial charge in [0.1, 0.15) is 0 Å². The Morgan fingerprint density at radius 3 is 2.68 bits per heavy atom. The summed E-state index contributed by atoms with van der Waals surface area (Å²) >= 11 is 8.81. The van der Waals surface area contributed by atoms with Crippen LogP contribution < -0.4 is 14.9 Å². The second-order valence-electron chi connectivity index (χ2n) is 7.81. The molecule has 0 aliphatic heterocycles. The maximum Gasteiger partial charge on any atom is 0.250 e. The standard InChI is InChI=1S/C28H26ClN3O3S2/c1-2-34-26-16-21(8-13-25(26)35-15-14-20-6-4-3-5-7-20)17-30-32-27(33)19-37-28-31-24(18-36-28)22-9-11-23(29)12-10-22/h3-13,16-18H,2,14-15,19H2,1H3,(H,32,33)/b30-17+. The molecule has 0 atom stereocenters. The van der Waals surface area contributed by atoms with Crippen LogP contribution in [0.4, 0.5) is 0 Å². The summed E-state index contributed by atoms with van der Waals surface area (Å²) in [4.78, 5) is 16.8. The second-order valence-corrected chi connectivity index (χ2v) is 10.3. The Morgan fingerprint density at radius 1 is 1.08 bits per heavy atom. The van der Waals surface area contributed by atoms with Gasteiger partial charge in [0.2, 0.25) is 0 Å². The van der Waals surface area contributed by atoms with Crippen LogP contribution in [0, 0.1) is 0 Å². The smallest absolute Gasteiger partial charge is 0.250 e. The number of thiazole rings is 1. The molecule has 6 nitrogen and oxygen atoms in total. The minimum Gasteiger partial charge on any atom is -0.490 e. The van der Waals surface area contributed by atoms with E-state index in [1.54, 1.807) is 6.21 Å². The first kappa shape index (κ1) is 26.7. The molecule has 4 rings (SSSR count). The Bertz CT molecular complexity index is 1330. The minimum atomic E-state index is -0.213. The van der Waals surface area contributed by atoms with E-state index >= 15 is 0 Å². The average molecular weight is 552 g/mol. The minimum absolute atomic E-state index is 0.212. The molecule has 190 valence electrons. The van der Waals surface area contributed by atoms with Crippen molar-refractivity contribution in [2.45, 2.75) is 17.7 Å². The third-order valence-corrected chi connectivity index (χ3v) is 7.38. The van der Waals surface area contributed by atoms with Crippen LogP contribution in [-0.4, -0.2) is 36.1 Å². The number of thioether (sulfide) groups is 1. The maximum atomic E-state index is 12.3. The summed E-state index contributed by atoms with van der Waals surface area (Å²) < 4.78 is 12.5. The molecule has 37 heavy (non-hydrogen) atoms. The number of nitrogens with one attached hydrogen (secondary N) is 1. The van der Waals surface area contributed by atoms with E-state index in [-0.39, 0.29) is 11.7 Å². The zero-order valence-corrected chi connectivity index (χ0v) is 22.6.